The van der Waals surface area contributed by atoms with Crippen LogP contribution in [0.15, 0.2) is 10.5 Å². The molecule has 1 aliphatic carbocycles. The average molecular weight is 276 g/mol. The van der Waals surface area contributed by atoms with Crippen molar-refractivity contribution in [2.24, 2.45) is 5.73 Å². The predicted octanol–water partition coefficient (Wildman–Crippen LogP) is 3.45. The van der Waals surface area contributed by atoms with Crippen molar-refractivity contribution in [1.82, 2.24) is 0 Å². The molecule has 0 aliphatic heterocycles. The van der Waals surface area contributed by atoms with Gasteiger partial charge in [-0.2, -0.15) is 0 Å². The second-order valence-corrected chi connectivity index (χ2v) is 4.75. The number of benzene rings is 1. The summed E-state index contributed by atoms with van der Waals surface area (Å²) in [5, 5.41) is 0. The molecule has 0 bridgehead atoms. The highest BCUT2D eigenvalue weighted by Gasteiger charge is 2.24. The zero-order valence-corrected chi connectivity index (χ0v) is 9.78. The Hall–Kier alpha value is -0.480. The number of rotatable bonds is 0. The Morgan fingerprint density at radius 3 is 2.80 bits per heavy atom. The molecule has 1 nitrogen and oxygen atoms in total. The molecule has 0 unspecified atom stereocenters. The summed E-state index contributed by atoms with van der Waals surface area (Å²) in [5.41, 5.74) is 6.68. The maximum atomic E-state index is 13.8. The summed E-state index contributed by atoms with van der Waals surface area (Å²) in [6, 6.07) is 0.807. The van der Waals surface area contributed by atoms with Crippen LogP contribution in [0, 0.1) is 11.6 Å². The molecular weight excluding hydrogens is 264 g/mol. The van der Waals surface area contributed by atoms with E-state index in [1.807, 2.05) is 0 Å². The fraction of sp³-hybridized carbons (Fsp3) is 0.455. The first-order valence-corrected chi connectivity index (χ1v) is 5.82. The van der Waals surface area contributed by atoms with E-state index in [1.54, 1.807) is 0 Å². The lowest BCUT2D eigenvalue weighted by Gasteiger charge is -2.15. The van der Waals surface area contributed by atoms with E-state index in [4.69, 9.17) is 5.73 Å². The van der Waals surface area contributed by atoms with Gasteiger partial charge in [-0.05, 0) is 46.8 Å². The molecule has 0 spiro atoms. The summed E-state index contributed by atoms with van der Waals surface area (Å²) >= 11 is 3.01. The number of halogens is 3. The summed E-state index contributed by atoms with van der Waals surface area (Å²) in [4.78, 5) is 0. The fourth-order valence-corrected chi connectivity index (χ4v) is 2.52. The van der Waals surface area contributed by atoms with Crippen molar-refractivity contribution in [2.75, 3.05) is 0 Å². The van der Waals surface area contributed by atoms with E-state index in [0.717, 1.165) is 19.3 Å². The minimum Gasteiger partial charge on any atom is -0.324 e. The highest BCUT2D eigenvalue weighted by molar-refractivity contribution is 9.10. The minimum absolute atomic E-state index is 0.163. The Kier molecular flexibility index (Phi) is 3.07. The van der Waals surface area contributed by atoms with Gasteiger partial charge in [0, 0.05) is 11.6 Å². The summed E-state index contributed by atoms with van der Waals surface area (Å²) in [6.45, 7) is 0. The van der Waals surface area contributed by atoms with Gasteiger partial charge in [-0.25, -0.2) is 8.78 Å². The molecule has 0 saturated carbocycles. The van der Waals surface area contributed by atoms with Gasteiger partial charge in [-0.15, -0.1) is 0 Å². The zero-order chi connectivity index (χ0) is 11.0. The molecule has 0 saturated heterocycles. The summed E-state index contributed by atoms with van der Waals surface area (Å²) in [6.07, 6.45) is 3.10. The second-order valence-electron chi connectivity index (χ2n) is 3.90. The Morgan fingerprint density at radius 1 is 1.33 bits per heavy atom. The van der Waals surface area contributed by atoms with Crippen LogP contribution in [-0.4, -0.2) is 0 Å². The highest BCUT2D eigenvalue weighted by atomic mass is 79.9. The van der Waals surface area contributed by atoms with Gasteiger partial charge in [0.1, 0.15) is 11.6 Å². The molecule has 1 aromatic carbocycles. The standard InChI is InChI=1S/C11H12BrF2N/c12-7-5-8(13)6-3-1-2-4-9(15)10(6)11(7)14/h5,9H,1-4,15H2/t9-/m0/s1. The molecule has 1 aliphatic rings. The van der Waals surface area contributed by atoms with Crippen molar-refractivity contribution in [1.29, 1.82) is 0 Å². The summed E-state index contributed by atoms with van der Waals surface area (Å²) < 4.78 is 27.6. The van der Waals surface area contributed by atoms with Gasteiger partial charge in [0.2, 0.25) is 0 Å². The molecule has 82 valence electrons. The lowest BCUT2D eigenvalue weighted by molar-refractivity contribution is 0.542. The van der Waals surface area contributed by atoms with Crippen molar-refractivity contribution in [3.8, 4) is 0 Å². The van der Waals surface area contributed by atoms with E-state index >= 15 is 0 Å². The Balaban J connectivity index is 2.63. The molecule has 2 N–H and O–H groups in total. The van der Waals surface area contributed by atoms with Crippen LogP contribution in [0.3, 0.4) is 0 Å². The van der Waals surface area contributed by atoms with Crippen LogP contribution < -0.4 is 5.73 Å². The van der Waals surface area contributed by atoms with Crippen LogP contribution in [-0.2, 0) is 6.42 Å². The number of fused-ring (bicyclic) bond motifs is 1. The van der Waals surface area contributed by atoms with Crippen LogP contribution >= 0.6 is 15.9 Å². The molecule has 15 heavy (non-hydrogen) atoms. The van der Waals surface area contributed by atoms with Crippen molar-refractivity contribution in [3.63, 3.8) is 0 Å². The first kappa shape index (κ1) is 11.0. The van der Waals surface area contributed by atoms with Gasteiger partial charge in [0.05, 0.1) is 4.47 Å². The molecule has 0 amide bonds. The third-order valence-corrected chi connectivity index (χ3v) is 3.45. The molecular formula is C11H12BrF2N. The van der Waals surface area contributed by atoms with Crippen molar-refractivity contribution < 1.29 is 8.78 Å². The summed E-state index contributed by atoms with van der Waals surface area (Å²) in [5.74, 6) is -0.753. The van der Waals surface area contributed by atoms with E-state index in [1.165, 1.54) is 6.07 Å². The van der Waals surface area contributed by atoms with E-state index < -0.39 is 5.82 Å². The average Bonchev–Trinajstić information content (AvgIpc) is 2.37. The molecule has 4 heteroatoms. The molecule has 0 aromatic heterocycles. The Labute approximate surface area is 95.8 Å². The highest BCUT2D eigenvalue weighted by Crippen LogP contribution is 2.34. The van der Waals surface area contributed by atoms with Crippen molar-refractivity contribution in [3.05, 3.63) is 33.3 Å². The zero-order valence-electron chi connectivity index (χ0n) is 8.19. The lowest BCUT2D eigenvalue weighted by atomic mass is 9.98. The lowest BCUT2D eigenvalue weighted by Crippen LogP contribution is -2.14. The fourth-order valence-electron chi connectivity index (χ4n) is 2.10. The molecule has 1 aromatic rings. The maximum absolute atomic E-state index is 13.8. The van der Waals surface area contributed by atoms with Gasteiger partial charge in [-0.1, -0.05) is 6.42 Å². The van der Waals surface area contributed by atoms with Crippen LogP contribution in [0.5, 0.6) is 0 Å². The number of nitrogens with two attached hydrogens (primary N) is 1. The first-order chi connectivity index (χ1) is 7.11. The Bertz CT molecular complexity index is 393. The largest absolute Gasteiger partial charge is 0.324 e. The quantitative estimate of drug-likeness (QED) is 0.570. The van der Waals surface area contributed by atoms with E-state index in [9.17, 15) is 8.78 Å². The van der Waals surface area contributed by atoms with Gasteiger partial charge in [-0.3, -0.25) is 0 Å². The van der Waals surface area contributed by atoms with E-state index in [-0.39, 0.29) is 16.3 Å². The minimum atomic E-state index is -0.402. The maximum Gasteiger partial charge on any atom is 0.142 e. The summed E-state index contributed by atoms with van der Waals surface area (Å²) in [7, 11) is 0. The monoisotopic (exact) mass is 275 g/mol. The first-order valence-electron chi connectivity index (χ1n) is 5.03. The topological polar surface area (TPSA) is 26.0 Å². The normalized spacial score (nSPS) is 20.9. The Morgan fingerprint density at radius 2 is 2.07 bits per heavy atom. The third kappa shape index (κ3) is 1.93. The van der Waals surface area contributed by atoms with Crippen LogP contribution in [0.25, 0.3) is 0 Å². The predicted molar refractivity (Wildman–Crippen MR) is 58.5 cm³/mol. The van der Waals surface area contributed by atoms with Gasteiger partial charge < -0.3 is 5.73 Å². The van der Waals surface area contributed by atoms with E-state index in [2.05, 4.69) is 15.9 Å². The molecule has 0 fully saturated rings. The van der Waals surface area contributed by atoms with E-state index in [0.29, 0.717) is 17.5 Å². The van der Waals surface area contributed by atoms with Crippen LogP contribution in [0.4, 0.5) is 8.78 Å². The van der Waals surface area contributed by atoms with Crippen molar-refractivity contribution >= 4 is 15.9 Å². The third-order valence-electron chi connectivity index (χ3n) is 2.88. The second kappa shape index (κ2) is 4.18. The number of hydrogen-bond donors (Lipinski definition) is 1. The smallest absolute Gasteiger partial charge is 0.142 e. The van der Waals surface area contributed by atoms with Gasteiger partial charge in [0.15, 0.2) is 0 Å². The van der Waals surface area contributed by atoms with Crippen molar-refractivity contribution in [2.45, 2.75) is 31.7 Å². The number of hydrogen-bond acceptors (Lipinski definition) is 1. The van der Waals surface area contributed by atoms with Gasteiger partial charge >= 0.3 is 0 Å². The van der Waals surface area contributed by atoms with Crippen LogP contribution in [0.1, 0.15) is 36.4 Å². The SMILES string of the molecule is N[C@H]1CCCCc2c(F)cc(Br)c(F)c21. The van der Waals surface area contributed by atoms with Gasteiger partial charge in [0.25, 0.3) is 0 Å². The molecule has 0 radical (unpaired) electrons. The molecule has 0 heterocycles. The molecule has 1 atom stereocenters. The molecule has 2 rings (SSSR count). The van der Waals surface area contributed by atoms with Crippen LogP contribution in [0.2, 0.25) is 0 Å².